The lowest BCUT2D eigenvalue weighted by Gasteiger charge is -2.06. The summed E-state index contributed by atoms with van der Waals surface area (Å²) in [7, 11) is 1.56. The molecule has 4 nitrogen and oxygen atoms in total. The van der Waals surface area contributed by atoms with E-state index in [2.05, 4.69) is 10.3 Å². The predicted molar refractivity (Wildman–Crippen MR) is 79.9 cm³/mol. The van der Waals surface area contributed by atoms with Crippen LogP contribution < -0.4 is 10.1 Å². The van der Waals surface area contributed by atoms with E-state index in [0.29, 0.717) is 12.4 Å². The monoisotopic (exact) mass is 300 g/mol. The first kappa shape index (κ1) is 14.5. The zero-order valence-electron chi connectivity index (χ0n) is 12.3. The first-order valence-electron chi connectivity index (χ1n) is 7.19. The maximum Gasteiger partial charge on any atom is 0.224 e. The summed E-state index contributed by atoms with van der Waals surface area (Å²) in [5.41, 5.74) is 1.96. The number of carbonyl (C=O) groups excluding carboxylic acids is 1. The summed E-state index contributed by atoms with van der Waals surface area (Å²) in [6.45, 7) is 0.449. The molecule has 1 amide bonds. The number of amides is 1. The molecule has 1 fully saturated rings. The van der Waals surface area contributed by atoms with E-state index >= 15 is 0 Å². The SMILES string of the molecule is COc1cc(CNC(=O)[C@@H]2C[C@H]2c2ccc(F)cc2)ccn1. The van der Waals surface area contributed by atoms with Crippen LogP contribution in [0.2, 0.25) is 0 Å². The predicted octanol–water partition coefficient (Wildman–Crippen LogP) is 2.65. The molecule has 5 heteroatoms. The van der Waals surface area contributed by atoms with Gasteiger partial charge in [-0.3, -0.25) is 4.79 Å². The third-order valence-corrected chi connectivity index (χ3v) is 3.90. The molecule has 1 N–H and O–H groups in total. The van der Waals surface area contributed by atoms with Gasteiger partial charge in [0.25, 0.3) is 0 Å². The number of halogens is 1. The minimum atomic E-state index is -0.253. The standard InChI is InChI=1S/C17H17FN2O2/c1-22-16-8-11(6-7-19-16)10-20-17(21)15-9-14(15)12-2-4-13(18)5-3-12/h2-8,14-15H,9-10H2,1H3,(H,20,21)/t14-,15+/m0/s1. The van der Waals surface area contributed by atoms with Crippen molar-refractivity contribution in [3.63, 3.8) is 0 Å². The number of aromatic nitrogens is 1. The molecule has 1 saturated carbocycles. The van der Waals surface area contributed by atoms with E-state index in [9.17, 15) is 9.18 Å². The third-order valence-electron chi connectivity index (χ3n) is 3.90. The molecular formula is C17H17FN2O2. The van der Waals surface area contributed by atoms with Gasteiger partial charge in [-0.15, -0.1) is 0 Å². The van der Waals surface area contributed by atoms with Crippen LogP contribution in [0, 0.1) is 11.7 Å². The van der Waals surface area contributed by atoms with E-state index in [1.165, 1.54) is 12.1 Å². The van der Waals surface area contributed by atoms with Crippen molar-refractivity contribution in [2.75, 3.05) is 7.11 Å². The number of ether oxygens (including phenoxy) is 1. The molecule has 0 bridgehead atoms. The Morgan fingerprint density at radius 2 is 2.14 bits per heavy atom. The highest BCUT2D eigenvalue weighted by Gasteiger charge is 2.43. The Morgan fingerprint density at radius 3 is 2.86 bits per heavy atom. The van der Waals surface area contributed by atoms with Crippen LogP contribution in [-0.2, 0) is 11.3 Å². The number of hydrogen-bond donors (Lipinski definition) is 1. The van der Waals surface area contributed by atoms with E-state index in [1.807, 2.05) is 6.07 Å². The molecule has 2 aromatic rings. The average molecular weight is 300 g/mol. The topological polar surface area (TPSA) is 51.2 Å². The van der Waals surface area contributed by atoms with Gasteiger partial charge in [0, 0.05) is 24.7 Å². The summed E-state index contributed by atoms with van der Waals surface area (Å²) in [6.07, 6.45) is 2.47. The Balaban J connectivity index is 1.54. The second kappa shape index (κ2) is 6.13. The van der Waals surface area contributed by atoms with E-state index in [0.717, 1.165) is 17.5 Å². The highest BCUT2D eigenvalue weighted by Crippen LogP contribution is 2.47. The van der Waals surface area contributed by atoms with Crippen molar-refractivity contribution in [1.82, 2.24) is 10.3 Å². The molecule has 3 rings (SSSR count). The molecule has 1 aromatic heterocycles. The number of methoxy groups -OCH3 is 1. The Kier molecular flexibility index (Phi) is 4.04. The minimum Gasteiger partial charge on any atom is -0.481 e. The summed E-state index contributed by atoms with van der Waals surface area (Å²) in [5, 5.41) is 2.93. The van der Waals surface area contributed by atoms with Gasteiger partial charge in [0.2, 0.25) is 11.8 Å². The molecule has 0 spiro atoms. The Bertz CT molecular complexity index is 673. The van der Waals surface area contributed by atoms with Crippen molar-refractivity contribution in [2.24, 2.45) is 5.92 Å². The van der Waals surface area contributed by atoms with Gasteiger partial charge in [-0.05, 0) is 41.7 Å². The van der Waals surface area contributed by atoms with Gasteiger partial charge in [0.15, 0.2) is 0 Å². The normalized spacial score (nSPS) is 19.5. The lowest BCUT2D eigenvalue weighted by molar-refractivity contribution is -0.122. The third kappa shape index (κ3) is 3.24. The summed E-state index contributed by atoms with van der Waals surface area (Å²) in [6, 6.07) is 10.0. The highest BCUT2D eigenvalue weighted by atomic mass is 19.1. The van der Waals surface area contributed by atoms with Gasteiger partial charge in [-0.2, -0.15) is 0 Å². The smallest absolute Gasteiger partial charge is 0.224 e. The number of nitrogens with zero attached hydrogens (tertiary/aromatic N) is 1. The summed E-state index contributed by atoms with van der Waals surface area (Å²) in [5.74, 6) is 0.492. The van der Waals surface area contributed by atoms with Crippen molar-refractivity contribution in [3.05, 3.63) is 59.5 Å². The molecule has 0 saturated heterocycles. The van der Waals surface area contributed by atoms with E-state index in [-0.39, 0.29) is 23.6 Å². The molecule has 1 aliphatic carbocycles. The fraction of sp³-hybridized carbons (Fsp3) is 0.294. The van der Waals surface area contributed by atoms with Crippen molar-refractivity contribution < 1.29 is 13.9 Å². The first-order valence-corrected chi connectivity index (χ1v) is 7.19. The number of benzene rings is 1. The van der Waals surface area contributed by atoms with Crippen molar-refractivity contribution in [2.45, 2.75) is 18.9 Å². The number of rotatable bonds is 5. The van der Waals surface area contributed by atoms with Crippen molar-refractivity contribution >= 4 is 5.91 Å². The van der Waals surface area contributed by atoms with Gasteiger partial charge in [0.05, 0.1) is 7.11 Å². The molecule has 1 aliphatic rings. The summed E-state index contributed by atoms with van der Waals surface area (Å²) >= 11 is 0. The van der Waals surface area contributed by atoms with Crippen LogP contribution >= 0.6 is 0 Å². The van der Waals surface area contributed by atoms with Crippen LogP contribution in [-0.4, -0.2) is 18.0 Å². The van der Waals surface area contributed by atoms with Crippen molar-refractivity contribution in [3.8, 4) is 5.88 Å². The van der Waals surface area contributed by atoms with Crippen LogP contribution in [0.3, 0.4) is 0 Å². The number of nitrogens with one attached hydrogen (secondary N) is 1. The number of hydrogen-bond acceptors (Lipinski definition) is 3. The molecule has 114 valence electrons. The van der Waals surface area contributed by atoms with Gasteiger partial charge in [0.1, 0.15) is 5.82 Å². The quantitative estimate of drug-likeness (QED) is 0.923. The maximum atomic E-state index is 12.9. The molecular weight excluding hydrogens is 283 g/mol. The highest BCUT2D eigenvalue weighted by molar-refractivity contribution is 5.82. The molecule has 0 radical (unpaired) electrons. The Labute approximate surface area is 128 Å². The number of carbonyl (C=O) groups is 1. The van der Waals surface area contributed by atoms with Gasteiger partial charge in [-0.1, -0.05) is 12.1 Å². The molecule has 0 aliphatic heterocycles. The first-order chi connectivity index (χ1) is 10.7. The van der Waals surface area contributed by atoms with E-state index in [1.54, 1.807) is 31.5 Å². The zero-order chi connectivity index (χ0) is 15.5. The fourth-order valence-corrected chi connectivity index (χ4v) is 2.56. The zero-order valence-corrected chi connectivity index (χ0v) is 12.3. The van der Waals surface area contributed by atoms with Gasteiger partial charge < -0.3 is 10.1 Å². The Hall–Kier alpha value is -2.43. The fourth-order valence-electron chi connectivity index (χ4n) is 2.56. The minimum absolute atomic E-state index is 0.0193. The van der Waals surface area contributed by atoms with Crippen LogP contribution in [0.5, 0.6) is 5.88 Å². The van der Waals surface area contributed by atoms with E-state index < -0.39 is 0 Å². The molecule has 1 heterocycles. The molecule has 1 aromatic carbocycles. The molecule has 0 unspecified atom stereocenters. The largest absolute Gasteiger partial charge is 0.481 e. The Morgan fingerprint density at radius 1 is 1.36 bits per heavy atom. The van der Waals surface area contributed by atoms with Crippen LogP contribution in [0.25, 0.3) is 0 Å². The number of pyridine rings is 1. The lowest BCUT2D eigenvalue weighted by atomic mass is 10.1. The molecule has 22 heavy (non-hydrogen) atoms. The van der Waals surface area contributed by atoms with Crippen LogP contribution in [0.1, 0.15) is 23.5 Å². The maximum absolute atomic E-state index is 12.9. The molecule has 2 atom stereocenters. The second-order valence-electron chi connectivity index (χ2n) is 5.42. The summed E-state index contributed by atoms with van der Waals surface area (Å²) in [4.78, 5) is 16.2. The van der Waals surface area contributed by atoms with Gasteiger partial charge in [-0.25, -0.2) is 9.37 Å². The second-order valence-corrected chi connectivity index (χ2v) is 5.42. The summed E-state index contributed by atoms with van der Waals surface area (Å²) < 4.78 is 18.0. The van der Waals surface area contributed by atoms with Crippen LogP contribution in [0.4, 0.5) is 4.39 Å². The van der Waals surface area contributed by atoms with Gasteiger partial charge >= 0.3 is 0 Å². The van der Waals surface area contributed by atoms with E-state index in [4.69, 9.17) is 4.74 Å². The van der Waals surface area contributed by atoms with Crippen LogP contribution in [0.15, 0.2) is 42.6 Å². The average Bonchev–Trinajstić information content (AvgIpc) is 3.34. The lowest BCUT2D eigenvalue weighted by Crippen LogP contribution is -2.24. The van der Waals surface area contributed by atoms with Crippen molar-refractivity contribution in [1.29, 1.82) is 0 Å².